The molecule has 96 valence electrons. The lowest BCUT2D eigenvalue weighted by Gasteiger charge is -2.11. The first kappa shape index (κ1) is 13.9. The van der Waals surface area contributed by atoms with Gasteiger partial charge in [0.2, 0.25) is 10.0 Å². The normalized spacial score (nSPS) is 24.7. The highest BCUT2D eigenvalue weighted by atomic mass is 32.2. The van der Waals surface area contributed by atoms with Gasteiger partial charge in [-0.3, -0.25) is 0 Å². The lowest BCUT2D eigenvalue weighted by molar-refractivity contribution is 0.564. The highest BCUT2D eigenvalue weighted by molar-refractivity contribution is 7.95. The highest BCUT2D eigenvalue weighted by Gasteiger charge is 2.36. The van der Waals surface area contributed by atoms with Gasteiger partial charge in [0, 0.05) is 13.1 Å². The molecule has 0 spiro atoms. The van der Waals surface area contributed by atoms with Crippen LogP contribution >= 0.6 is 0 Å². The number of hydrogen-bond donors (Lipinski definition) is 2. The Hall–Kier alpha value is -0.180. The van der Waals surface area contributed by atoms with Gasteiger partial charge in [-0.1, -0.05) is 6.92 Å². The number of hydrogen-bond acceptors (Lipinski definition) is 5. The minimum atomic E-state index is -3.48. The van der Waals surface area contributed by atoms with E-state index in [9.17, 15) is 16.8 Å². The Labute approximate surface area is 96.8 Å². The fraction of sp³-hybridized carbons (Fsp3) is 1.00. The third-order valence-electron chi connectivity index (χ3n) is 2.48. The predicted octanol–water partition coefficient (Wildman–Crippen LogP) is -1.30. The molecular weight excluding hydrogens is 252 g/mol. The molecule has 0 aromatic heterocycles. The molecule has 0 saturated carbocycles. The van der Waals surface area contributed by atoms with E-state index in [1.54, 1.807) is 0 Å². The molecule has 1 unspecified atom stereocenters. The Kier molecular flexibility index (Phi) is 4.72. The van der Waals surface area contributed by atoms with Crippen LogP contribution < -0.4 is 10.0 Å². The zero-order valence-electron chi connectivity index (χ0n) is 9.27. The van der Waals surface area contributed by atoms with Crippen LogP contribution in [0.4, 0.5) is 0 Å². The zero-order chi connectivity index (χ0) is 12.2. The van der Waals surface area contributed by atoms with E-state index in [1.165, 1.54) is 0 Å². The van der Waals surface area contributed by atoms with E-state index < -0.39 is 25.1 Å². The molecular formula is C8H18N2O4S2. The Morgan fingerprint density at radius 2 is 2.00 bits per heavy atom. The van der Waals surface area contributed by atoms with Crippen molar-refractivity contribution in [3.63, 3.8) is 0 Å². The highest BCUT2D eigenvalue weighted by Crippen LogP contribution is 2.17. The number of rotatable bonds is 6. The van der Waals surface area contributed by atoms with E-state index in [4.69, 9.17) is 0 Å². The van der Waals surface area contributed by atoms with Crippen molar-refractivity contribution in [2.24, 2.45) is 0 Å². The molecule has 1 fully saturated rings. The van der Waals surface area contributed by atoms with Crippen LogP contribution in [-0.2, 0) is 19.9 Å². The van der Waals surface area contributed by atoms with Crippen molar-refractivity contribution in [2.75, 3.05) is 31.1 Å². The summed E-state index contributed by atoms with van der Waals surface area (Å²) in [5.74, 6) is -0.269. The number of sulfonamides is 1. The van der Waals surface area contributed by atoms with Crippen molar-refractivity contribution in [1.82, 2.24) is 10.0 Å². The van der Waals surface area contributed by atoms with Crippen LogP contribution in [-0.4, -0.2) is 53.2 Å². The molecule has 0 radical (unpaired) electrons. The summed E-state index contributed by atoms with van der Waals surface area (Å²) < 4.78 is 48.1. The Balaban J connectivity index is 2.46. The standard InChI is InChI=1S/C8H18N2O4S2/c1-2-9-4-5-10-16(13,14)8-3-6-15(11,12)7-8/h8-10H,2-7H2,1H3. The number of nitrogens with one attached hydrogen (secondary N) is 2. The Bertz CT molecular complexity index is 415. The van der Waals surface area contributed by atoms with E-state index >= 15 is 0 Å². The Morgan fingerprint density at radius 1 is 1.31 bits per heavy atom. The topological polar surface area (TPSA) is 92.3 Å². The van der Waals surface area contributed by atoms with Gasteiger partial charge < -0.3 is 5.32 Å². The molecule has 8 heteroatoms. The van der Waals surface area contributed by atoms with Gasteiger partial charge in [-0.15, -0.1) is 0 Å². The summed E-state index contributed by atoms with van der Waals surface area (Å²) in [5, 5.41) is 2.20. The fourth-order valence-corrected chi connectivity index (χ4v) is 5.66. The first-order chi connectivity index (χ1) is 7.37. The summed E-state index contributed by atoms with van der Waals surface area (Å²) in [7, 11) is -6.63. The lowest BCUT2D eigenvalue weighted by atomic mass is 10.4. The molecule has 0 aromatic rings. The second-order valence-corrected chi connectivity index (χ2v) is 8.09. The molecule has 0 amide bonds. The molecule has 1 rings (SSSR count). The molecule has 0 bridgehead atoms. The monoisotopic (exact) mass is 270 g/mol. The van der Waals surface area contributed by atoms with Gasteiger partial charge in [-0.25, -0.2) is 21.6 Å². The van der Waals surface area contributed by atoms with E-state index in [2.05, 4.69) is 10.0 Å². The average molecular weight is 270 g/mol. The minimum absolute atomic E-state index is 0.0220. The first-order valence-corrected chi connectivity index (χ1v) is 8.64. The molecule has 2 N–H and O–H groups in total. The summed E-state index contributed by atoms with van der Waals surface area (Å²) in [4.78, 5) is 0. The molecule has 1 heterocycles. The first-order valence-electron chi connectivity index (χ1n) is 5.27. The quantitative estimate of drug-likeness (QED) is 0.585. The molecule has 6 nitrogen and oxygen atoms in total. The number of sulfone groups is 1. The van der Waals surface area contributed by atoms with Gasteiger partial charge in [0.25, 0.3) is 0 Å². The lowest BCUT2D eigenvalue weighted by Crippen LogP contribution is -2.38. The van der Waals surface area contributed by atoms with Gasteiger partial charge in [-0.05, 0) is 13.0 Å². The van der Waals surface area contributed by atoms with Crippen LogP contribution in [0.2, 0.25) is 0 Å². The number of likely N-dealkylation sites (N-methyl/N-ethyl adjacent to an activating group) is 1. The van der Waals surface area contributed by atoms with Gasteiger partial charge >= 0.3 is 0 Å². The van der Waals surface area contributed by atoms with E-state index in [0.29, 0.717) is 13.1 Å². The Morgan fingerprint density at radius 3 is 2.50 bits per heavy atom. The molecule has 1 aliphatic heterocycles. The predicted molar refractivity (Wildman–Crippen MR) is 62.5 cm³/mol. The van der Waals surface area contributed by atoms with Crippen molar-refractivity contribution in [1.29, 1.82) is 0 Å². The van der Waals surface area contributed by atoms with Crippen LogP contribution in [0.3, 0.4) is 0 Å². The third kappa shape index (κ3) is 4.00. The molecule has 0 aliphatic carbocycles. The average Bonchev–Trinajstić information content (AvgIpc) is 2.54. The van der Waals surface area contributed by atoms with Gasteiger partial charge in [0.1, 0.15) is 0 Å². The summed E-state index contributed by atoms with van der Waals surface area (Å²) in [6, 6.07) is 0. The van der Waals surface area contributed by atoms with E-state index in [0.717, 1.165) is 6.54 Å². The van der Waals surface area contributed by atoms with Crippen molar-refractivity contribution in [3.05, 3.63) is 0 Å². The van der Waals surface area contributed by atoms with Crippen molar-refractivity contribution in [2.45, 2.75) is 18.6 Å². The summed E-state index contributed by atoms with van der Waals surface area (Å²) in [6.07, 6.45) is 0.207. The van der Waals surface area contributed by atoms with Crippen molar-refractivity contribution < 1.29 is 16.8 Å². The minimum Gasteiger partial charge on any atom is -0.316 e. The van der Waals surface area contributed by atoms with E-state index in [1.807, 2.05) is 6.92 Å². The fourth-order valence-electron chi connectivity index (χ4n) is 1.58. The molecule has 1 atom stereocenters. The zero-order valence-corrected chi connectivity index (χ0v) is 10.9. The SMILES string of the molecule is CCNCCNS(=O)(=O)C1CCS(=O)(=O)C1. The molecule has 1 saturated heterocycles. The van der Waals surface area contributed by atoms with Crippen LogP contribution in [0.15, 0.2) is 0 Å². The molecule has 16 heavy (non-hydrogen) atoms. The second kappa shape index (κ2) is 5.44. The van der Waals surface area contributed by atoms with Gasteiger partial charge in [0.05, 0.1) is 16.8 Å². The summed E-state index contributed by atoms with van der Waals surface area (Å²) in [6.45, 7) is 3.56. The van der Waals surface area contributed by atoms with Crippen molar-refractivity contribution in [3.8, 4) is 0 Å². The summed E-state index contributed by atoms with van der Waals surface area (Å²) in [5.41, 5.74) is 0. The van der Waals surface area contributed by atoms with Crippen molar-refractivity contribution >= 4 is 19.9 Å². The van der Waals surface area contributed by atoms with Crippen LogP contribution in [0.25, 0.3) is 0 Å². The van der Waals surface area contributed by atoms with E-state index in [-0.39, 0.29) is 17.9 Å². The van der Waals surface area contributed by atoms with Crippen LogP contribution in [0.1, 0.15) is 13.3 Å². The largest absolute Gasteiger partial charge is 0.316 e. The molecule has 1 aliphatic rings. The maximum absolute atomic E-state index is 11.7. The maximum atomic E-state index is 11.7. The van der Waals surface area contributed by atoms with Crippen LogP contribution in [0, 0.1) is 0 Å². The molecule has 0 aromatic carbocycles. The smallest absolute Gasteiger partial charge is 0.215 e. The van der Waals surface area contributed by atoms with Gasteiger partial charge in [-0.2, -0.15) is 0 Å². The maximum Gasteiger partial charge on any atom is 0.215 e. The summed E-state index contributed by atoms with van der Waals surface area (Å²) >= 11 is 0. The second-order valence-electron chi connectivity index (χ2n) is 3.82. The third-order valence-corrected chi connectivity index (χ3v) is 6.35. The van der Waals surface area contributed by atoms with Crippen LogP contribution in [0.5, 0.6) is 0 Å². The van der Waals surface area contributed by atoms with Gasteiger partial charge in [0.15, 0.2) is 9.84 Å².